The highest BCUT2D eigenvalue weighted by Gasteiger charge is 1.99. The third kappa shape index (κ3) is 6.23. The fraction of sp³-hybridized carbons (Fsp3) is 0.833. The van der Waals surface area contributed by atoms with Crippen LogP contribution in [0.3, 0.4) is 0 Å². The molecule has 1 N–H and O–H groups in total. The molecule has 0 heterocycles. The first kappa shape index (κ1) is 10.1. The van der Waals surface area contributed by atoms with Gasteiger partial charge in [-0.25, -0.2) is 0 Å². The van der Waals surface area contributed by atoms with E-state index in [4.69, 9.17) is 11.6 Å². The molecule has 0 saturated heterocycles. The van der Waals surface area contributed by atoms with E-state index < -0.39 is 0 Å². The van der Waals surface area contributed by atoms with Gasteiger partial charge in [0.15, 0.2) is 0 Å². The Bertz CT molecular complexity index is 108. The molecule has 0 aliphatic carbocycles. The third-order valence-electron chi connectivity index (χ3n) is 0.860. The Morgan fingerprint density at radius 1 is 1.80 bits per heavy atom. The van der Waals surface area contributed by atoms with Crippen LogP contribution in [0.15, 0.2) is 0 Å². The lowest BCUT2D eigenvalue weighted by molar-refractivity contribution is -0.118. The Labute approximate surface area is 70.7 Å². The number of hydrogen-bond donors (Lipinski definition) is 1. The molecule has 10 heavy (non-hydrogen) atoms. The van der Waals surface area contributed by atoms with Crippen LogP contribution in [0.25, 0.3) is 0 Å². The number of hydrogen-bond acceptors (Lipinski definition) is 2. The maximum absolute atomic E-state index is 10.6. The lowest BCUT2D eigenvalue weighted by Gasteiger charge is -2.00. The van der Waals surface area contributed by atoms with Crippen LogP contribution in [-0.4, -0.2) is 29.8 Å². The molecule has 1 amide bonds. The normalized spacial score (nSPS) is 12.7. The highest BCUT2D eigenvalue weighted by Crippen LogP contribution is 2.06. The minimum absolute atomic E-state index is 0.0577. The summed E-state index contributed by atoms with van der Waals surface area (Å²) < 4.78 is 0. The van der Waals surface area contributed by atoms with Gasteiger partial charge in [0.1, 0.15) is 0 Å². The molecule has 0 saturated carbocycles. The zero-order valence-electron chi connectivity index (χ0n) is 6.19. The van der Waals surface area contributed by atoms with Crippen molar-refractivity contribution in [2.45, 2.75) is 12.3 Å². The maximum atomic E-state index is 10.6. The average Bonchev–Trinajstić information content (AvgIpc) is 1.87. The number of rotatable bonds is 4. The molecule has 1 unspecified atom stereocenters. The quantitative estimate of drug-likeness (QED) is 0.659. The first-order valence-electron chi connectivity index (χ1n) is 3.09. The van der Waals surface area contributed by atoms with Crippen LogP contribution >= 0.6 is 23.4 Å². The van der Waals surface area contributed by atoms with Gasteiger partial charge in [0.25, 0.3) is 0 Å². The van der Waals surface area contributed by atoms with Gasteiger partial charge in [0, 0.05) is 18.2 Å². The summed E-state index contributed by atoms with van der Waals surface area (Å²) in [6.45, 7) is 1.92. The van der Waals surface area contributed by atoms with Crippen molar-refractivity contribution < 1.29 is 4.79 Å². The van der Waals surface area contributed by atoms with Crippen LogP contribution in [0.4, 0.5) is 0 Å². The molecule has 0 aromatic heterocycles. The predicted octanol–water partition coefficient (Wildman–Crippen LogP) is 1.09. The van der Waals surface area contributed by atoms with E-state index in [-0.39, 0.29) is 11.3 Å². The minimum atomic E-state index is 0.0577. The molecule has 0 rings (SSSR count). The molecular weight excluding hydrogens is 170 g/mol. The Kier molecular flexibility index (Phi) is 5.93. The van der Waals surface area contributed by atoms with E-state index in [2.05, 4.69) is 5.32 Å². The second-order valence-corrected chi connectivity index (χ2v) is 3.74. The first-order valence-corrected chi connectivity index (χ1v) is 4.68. The van der Waals surface area contributed by atoms with Crippen LogP contribution in [-0.2, 0) is 4.79 Å². The second-order valence-electron chi connectivity index (χ2n) is 1.97. The molecule has 0 aromatic rings. The molecule has 0 aliphatic heterocycles. The van der Waals surface area contributed by atoms with E-state index in [0.29, 0.717) is 5.75 Å². The average molecular weight is 182 g/mol. The van der Waals surface area contributed by atoms with Crippen molar-refractivity contribution in [2.75, 3.05) is 18.6 Å². The molecular formula is C6H12ClNOS. The summed E-state index contributed by atoms with van der Waals surface area (Å²) in [7, 11) is 1.63. The Hall–Kier alpha value is 0.110. The van der Waals surface area contributed by atoms with Crippen molar-refractivity contribution in [1.29, 1.82) is 0 Å². The Morgan fingerprint density at radius 2 is 2.40 bits per heavy atom. The van der Waals surface area contributed by atoms with Crippen LogP contribution in [0.1, 0.15) is 6.92 Å². The van der Waals surface area contributed by atoms with Crippen LogP contribution in [0, 0.1) is 0 Å². The molecule has 0 aromatic carbocycles. The van der Waals surface area contributed by atoms with Crippen molar-refractivity contribution in [3.63, 3.8) is 0 Å². The van der Waals surface area contributed by atoms with Crippen LogP contribution in [0.5, 0.6) is 0 Å². The van der Waals surface area contributed by atoms with Crippen LogP contribution in [0.2, 0.25) is 0 Å². The van der Waals surface area contributed by atoms with Gasteiger partial charge in [-0.2, -0.15) is 11.8 Å². The number of carbonyl (C=O) groups is 1. The number of halogens is 1. The Morgan fingerprint density at radius 3 is 2.80 bits per heavy atom. The first-order chi connectivity index (χ1) is 4.66. The topological polar surface area (TPSA) is 29.1 Å². The number of nitrogens with one attached hydrogen (secondary N) is 1. The van der Waals surface area contributed by atoms with E-state index in [9.17, 15) is 4.79 Å². The summed E-state index contributed by atoms with van der Waals surface area (Å²) >= 11 is 7.20. The van der Waals surface area contributed by atoms with Gasteiger partial charge in [-0.15, -0.1) is 11.6 Å². The lowest BCUT2D eigenvalue weighted by Crippen LogP contribution is -2.20. The van der Waals surface area contributed by atoms with Gasteiger partial charge in [0.2, 0.25) is 5.91 Å². The fourth-order valence-corrected chi connectivity index (χ4v) is 1.43. The molecule has 0 spiro atoms. The van der Waals surface area contributed by atoms with E-state index in [1.807, 2.05) is 6.92 Å². The summed E-state index contributed by atoms with van der Waals surface area (Å²) in [5, 5.41) is 2.68. The lowest BCUT2D eigenvalue weighted by atomic mass is 10.6. The van der Waals surface area contributed by atoms with Crippen LogP contribution < -0.4 is 5.32 Å². The predicted molar refractivity (Wildman–Crippen MR) is 46.7 cm³/mol. The molecule has 2 nitrogen and oxygen atoms in total. The third-order valence-corrected chi connectivity index (χ3v) is 2.40. The van der Waals surface area contributed by atoms with E-state index in [1.54, 1.807) is 18.8 Å². The molecule has 0 radical (unpaired) electrons. The van der Waals surface area contributed by atoms with E-state index >= 15 is 0 Å². The molecule has 0 aliphatic rings. The van der Waals surface area contributed by atoms with Gasteiger partial charge in [-0.05, 0) is 6.92 Å². The smallest absolute Gasteiger partial charge is 0.229 e. The molecule has 1 atom stereocenters. The second kappa shape index (κ2) is 5.86. The summed E-state index contributed by atoms with van der Waals surface area (Å²) in [5.74, 6) is 1.39. The van der Waals surface area contributed by atoms with E-state index in [1.165, 1.54) is 0 Å². The van der Waals surface area contributed by atoms with Crippen molar-refractivity contribution in [3.05, 3.63) is 0 Å². The fourth-order valence-electron chi connectivity index (χ4n) is 0.386. The van der Waals surface area contributed by atoms with Crippen molar-refractivity contribution in [1.82, 2.24) is 5.32 Å². The molecule has 4 heteroatoms. The summed E-state index contributed by atoms with van der Waals surface area (Å²) in [4.78, 5) is 10.6. The van der Waals surface area contributed by atoms with E-state index in [0.717, 1.165) is 5.75 Å². The summed E-state index contributed by atoms with van der Waals surface area (Å²) in [6, 6.07) is 0. The minimum Gasteiger partial charge on any atom is -0.358 e. The largest absolute Gasteiger partial charge is 0.358 e. The highest BCUT2D eigenvalue weighted by atomic mass is 35.5. The summed E-state index contributed by atoms with van der Waals surface area (Å²) in [6.07, 6.45) is 0. The zero-order valence-corrected chi connectivity index (χ0v) is 7.76. The maximum Gasteiger partial charge on any atom is 0.229 e. The number of thioether (sulfide) groups is 1. The number of alkyl halides is 1. The Balaban J connectivity index is 3.12. The van der Waals surface area contributed by atoms with Crippen molar-refractivity contribution >= 4 is 29.3 Å². The SMILES string of the molecule is CNC(=O)CSCC(C)Cl. The van der Waals surface area contributed by atoms with Crippen molar-refractivity contribution in [2.24, 2.45) is 0 Å². The number of carbonyl (C=O) groups excluding carboxylic acids is 1. The molecule has 0 bridgehead atoms. The van der Waals surface area contributed by atoms with Gasteiger partial charge in [-0.3, -0.25) is 4.79 Å². The number of amides is 1. The van der Waals surface area contributed by atoms with Gasteiger partial charge in [-0.1, -0.05) is 0 Å². The molecule has 60 valence electrons. The highest BCUT2D eigenvalue weighted by molar-refractivity contribution is 8.00. The standard InChI is InChI=1S/C6H12ClNOS/c1-5(7)3-10-4-6(9)8-2/h5H,3-4H2,1-2H3,(H,8,9). The zero-order chi connectivity index (χ0) is 7.98. The summed E-state index contributed by atoms with van der Waals surface area (Å²) in [5.41, 5.74) is 0. The van der Waals surface area contributed by atoms with Gasteiger partial charge >= 0.3 is 0 Å². The van der Waals surface area contributed by atoms with Gasteiger partial charge in [0.05, 0.1) is 5.75 Å². The van der Waals surface area contributed by atoms with Gasteiger partial charge < -0.3 is 5.32 Å². The molecule has 0 fully saturated rings. The monoisotopic (exact) mass is 181 g/mol. The van der Waals surface area contributed by atoms with Crippen molar-refractivity contribution in [3.8, 4) is 0 Å².